The second kappa shape index (κ2) is 7.38. The van der Waals surface area contributed by atoms with Crippen molar-refractivity contribution in [2.24, 2.45) is 10.7 Å². The lowest BCUT2D eigenvalue weighted by Crippen LogP contribution is -2.38. The number of anilines is 1. The van der Waals surface area contributed by atoms with Gasteiger partial charge in [0.15, 0.2) is 0 Å². The average Bonchev–Trinajstić information content (AvgIpc) is 2.58. The highest BCUT2D eigenvalue weighted by Crippen LogP contribution is 2.32. The lowest BCUT2D eigenvalue weighted by atomic mass is 9.92. The second-order valence-electron chi connectivity index (χ2n) is 5.89. The summed E-state index contributed by atoms with van der Waals surface area (Å²) in [6.07, 6.45) is 0.760. The monoisotopic (exact) mass is 422 g/mol. The van der Waals surface area contributed by atoms with Crippen LogP contribution in [0.5, 0.6) is 5.88 Å². The first-order valence-corrected chi connectivity index (χ1v) is 8.47. The second-order valence-corrected chi connectivity index (χ2v) is 6.81. The average molecular weight is 423 g/mol. The van der Waals surface area contributed by atoms with Gasteiger partial charge in [-0.15, -0.1) is 0 Å². The Balaban J connectivity index is 1.78. The summed E-state index contributed by atoms with van der Waals surface area (Å²) >= 11 is 3.24. The summed E-state index contributed by atoms with van der Waals surface area (Å²) in [4.78, 5) is 20.3. The predicted octanol–water partition coefficient (Wildman–Crippen LogP) is 3.20. The van der Waals surface area contributed by atoms with Crippen LogP contribution in [0.25, 0.3) is 0 Å². The third kappa shape index (κ3) is 4.17. The quantitative estimate of drug-likeness (QED) is 0.790. The molecule has 1 aromatic carbocycles. The van der Waals surface area contributed by atoms with E-state index in [4.69, 9.17) is 15.2 Å². The topological polar surface area (TPSA) is 98.8 Å². The predicted molar refractivity (Wildman–Crippen MR) is 97.8 cm³/mol. The molecule has 1 aliphatic rings. The molecule has 1 aromatic heterocycles. The number of halogens is 2. The fourth-order valence-electron chi connectivity index (χ4n) is 2.55. The van der Waals surface area contributed by atoms with Crippen LogP contribution in [0.4, 0.5) is 14.9 Å². The number of carbonyl (C=O) groups excluding carboxylic acids is 1. The molecule has 2 heterocycles. The highest BCUT2D eigenvalue weighted by molar-refractivity contribution is 9.10. The molecule has 2 aromatic rings. The zero-order valence-electron chi connectivity index (χ0n) is 13.8. The molecule has 1 aliphatic heterocycles. The number of aliphatic imine (C=N–C) groups is 1. The van der Waals surface area contributed by atoms with Crippen molar-refractivity contribution in [3.63, 3.8) is 0 Å². The molecule has 3 N–H and O–H groups in total. The molecule has 1 unspecified atom stereocenters. The SMILES string of the molecule is CC1(c2cc(NC(=O)Oc3ccc(Br)cn3)ccc2F)COCC(N)=N1. The van der Waals surface area contributed by atoms with E-state index in [1.165, 1.54) is 30.5 Å². The molecule has 26 heavy (non-hydrogen) atoms. The first-order chi connectivity index (χ1) is 12.4. The fraction of sp³-hybridized carbons (Fsp3) is 0.235. The molecule has 7 nitrogen and oxygen atoms in total. The summed E-state index contributed by atoms with van der Waals surface area (Å²) in [6, 6.07) is 7.39. The first kappa shape index (κ1) is 18.3. The van der Waals surface area contributed by atoms with Crippen molar-refractivity contribution in [1.29, 1.82) is 0 Å². The van der Waals surface area contributed by atoms with Crippen molar-refractivity contribution in [2.75, 3.05) is 18.5 Å². The largest absolute Gasteiger partial charge is 0.418 e. The van der Waals surface area contributed by atoms with Gasteiger partial charge in [0.2, 0.25) is 5.88 Å². The third-order valence-corrected chi connectivity index (χ3v) is 4.18. The number of hydrogen-bond donors (Lipinski definition) is 2. The van der Waals surface area contributed by atoms with Gasteiger partial charge in [-0.1, -0.05) is 0 Å². The number of rotatable bonds is 3. The van der Waals surface area contributed by atoms with Crippen molar-refractivity contribution >= 4 is 33.5 Å². The van der Waals surface area contributed by atoms with Gasteiger partial charge in [0.05, 0.1) is 6.61 Å². The summed E-state index contributed by atoms with van der Waals surface area (Å²) in [5.74, 6) is -0.0432. The Kier molecular flexibility index (Phi) is 5.19. The molecule has 3 rings (SSSR count). The van der Waals surface area contributed by atoms with E-state index in [1.807, 2.05) is 0 Å². The van der Waals surface area contributed by atoms with E-state index in [9.17, 15) is 9.18 Å². The van der Waals surface area contributed by atoms with Gasteiger partial charge >= 0.3 is 6.09 Å². The zero-order valence-corrected chi connectivity index (χ0v) is 15.4. The number of benzene rings is 1. The number of nitrogens with two attached hydrogens (primary N) is 1. The van der Waals surface area contributed by atoms with Gasteiger partial charge in [0, 0.05) is 28.0 Å². The minimum absolute atomic E-state index is 0.137. The number of amides is 1. The first-order valence-electron chi connectivity index (χ1n) is 7.68. The standard InChI is InChI=1S/C17H16BrFN4O3/c1-17(9-25-8-14(20)23-17)12-6-11(3-4-13(12)19)22-16(24)26-15-5-2-10(18)7-21-15/h2-7H,8-9H2,1H3,(H2,20,23)(H,22,24). The van der Waals surface area contributed by atoms with Crippen molar-refractivity contribution in [3.05, 3.63) is 52.4 Å². The molecule has 1 amide bonds. The maximum atomic E-state index is 14.3. The van der Waals surface area contributed by atoms with E-state index in [0.29, 0.717) is 5.69 Å². The summed E-state index contributed by atoms with van der Waals surface area (Å²) in [7, 11) is 0. The van der Waals surface area contributed by atoms with Gasteiger partial charge in [-0.3, -0.25) is 10.3 Å². The summed E-state index contributed by atoms with van der Waals surface area (Å²) in [6.45, 7) is 2.11. The van der Waals surface area contributed by atoms with Gasteiger partial charge < -0.3 is 15.2 Å². The van der Waals surface area contributed by atoms with E-state index in [-0.39, 0.29) is 30.5 Å². The Hall–Kier alpha value is -2.52. The molecule has 0 saturated carbocycles. The number of amidine groups is 1. The van der Waals surface area contributed by atoms with E-state index < -0.39 is 17.4 Å². The van der Waals surface area contributed by atoms with Crippen LogP contribution in [-0.4, -0.2) is 30.1 Å². The van der Waals surface area contributed by atoms with Crippen molar-refractivity contribution in [3.8, 4) is 5.88 Å². The Bertz CT molecular complexity index is 860. The molecule has 1 atom stereocenters. The van der Waals surface area contributed by atoms with E-state index in [2.05, 4.69) is 31.2 Å². The minimum atomic E-state index is -0.971. The molecule has 0 bridgehead atoms. The Morgan fingerprint density at radius 3 is 2.92 bits per heavy atom. The van der Waals surface area contributed by atoms with E-state index in [0.717, 1.165) is 4.47 Å². The highest BCUT2D eigenvalue weighted by atomic mass is 79.9. The molecule has 0 aliphatic carbocycles. The number of ether oxygens (including phenoxy) is 2. The lowest BCUT2D eigenvalue weighted by Gasteiger charge is -2.30. The normalized spacial score (nSPS) is 19.6. The molecular formula is C17H16BrFN4O3. The molecule has 0 spiro atoms. The molecular weight excluding hydrogens is 407 g/mol. The number of pyridine rings is 1. The maximum Gasteiger partial charge on any atom is 0.418 e. The smallest absolute Gasteiger partial charge is 0.391 e. The lowest BCUT2D eigenvalue weighted by molar-refractivity contribution is 0.104. The van der Waals surface area contributed by atoms with E-state index >= 15 is 0 Å². The van der Waals surface area contributed by atoms with Crippen LogP contribution in [0.3, 0.4) is 0 Å². The molecule has 0 saturated heterocycles. The van der Waals surface area contributed by atoms with Crippen molar-refractivity contribution < 1.29 is 18.7 Å². The molecule has 0 radical (unpaired) electrons. The van der Waals surface area contributed by atoms with E-state index in [1.54, 1.807) is 13.0 Å². The molecule has 0 fully saturated rings. The van der Waals surface area contributed by atoms with Crippen LogP contribution in [0.15, 0.2) is 46.0 Å². The summed E-state index contributed by atoms with van der Waals surface area (Å²) in [5, 5.41) is 2.54. The van der Waals surface area contributed by atoms with Gasteiger partial charge in [-0.25, -0.2) is 14.2 Å². The van der Waals surface area contributed by atoms with Crippen LogP contribution in [0.2, 0.25) is 0 Å². The highest BCUT2D eigenvalue weighted by Gasteiger charge is 2.33. The molecule has 9 heteroatoms. The number of carbonyl (C=O) groups is 1. The third-order valence-electron chi connectivity index (χ3n) is 3.71. The number of nitrogens with one attached hydrogen (secondary N) is 1. The van der Waals surface area contributed by atoms with Crippen LogP contribution < -0.4 is 15.8 Å². The summed E-state index contributed by atoms with van der Waals surface area (Å²) in [5.41, 5.74) is 5.36. The van der Waals surface area contributed by atoms with Gasteiger partial charge in [0.25, 0.3) is 0 Å². The van der Waals surface area contributed by atoms with Crippen LogP contribution in [0.1, 0.15) is 12.5 Å². The van der Waals surface area contributed by atoms with Crippen molar-refractivity contribution in [1.82, 2.24) is 4.98 Å². The van der Waals surface area contributed by atoms with Crippen molar-refractivity contribution in [2.45, 2.75) is 12.5 Å². The summed E-state index contributed by atoms with van der Waals surface area (Å²) < 4.78 is 25.5. The van der Waals surface area contributed by atoms with Gasteiger partial charge in [-0.2, -0.15) is 0 Å². The van der Waals surface area contributed by atoms with Crippen LogP contribution >= 0.6 is 15.9 Å². The number of nitrogens with zero attached hydrogens (tertiary/aromatic N) is 2. The Morgan fingerprint density at radius 2 is 2.23 bits per heavy atom. The Labute approximate surface area is 157 Å². The fourth-order valence-corrected chi connectivity index (χ4v) is 2.79. The number of hydrogen-bond acceptors (Lipinski definition) is 6. The molecule has 136 valence electrons. The number of aromatic nitrogens is 1. The van der Waals surface area contributed by atoms with Crippen LogP contribution in [0, 0.1) is 5.82 Å². The van der Waals surface area contributed by atoms with Gasteiger partial charge in [0.1, 0.15) is 23.8 Å². The maximum absolute atomic E-state index is 14.3. The minimum Gasteiger partial charge on any atom is -0.391 e. The Morgan fingerprint density at radius 1 is 1.42 bits per heavy atom. The van der Waals surface area contributed by atoms with Crippen LogP contribution in [-0.2, 0) is 10.3 Å². The zero-order chi connectivity index (χ0) is 18.7. The van der Waals surface area contributed by atoms with Gasteiger partial charge in [-0.05, 0) is 47.1 Å².